The van der Waals surface area contributed by atoms with Gasteiger partial charge in [0.2, 0.25) is 5.91 Å². The first-order valence-electron chi connectivity index (χ1n) is 9.54. The Kier molecular flexibility index (Phi) is 5.81. The summed E-state index contributed by atoms with van der Waals surface area (Å²) in [6.07, 6.45) is 0. The van der Waals surface area contributed by atoms with E-state index >= 15 is 0 Å². The number of imide groups is 1. The van der Waals surface area contributed by atoms with Crippen LogP contribution in [-0.4, -0.2) is 46.7 Å². The molecule has 1 N–H and O–H groups in total. The fraction of sp³-hybridized carbons (Fsp3) is 0.286. The Morgan fingerprint density at radius 1 is 1.10 bits per heavy atom. The molecule has 0 saturated heterocycles. The Labute approximate surface area is 173 Å². The van der Waals surface area contributed by atoms with Crippen molar-refractivity contribution in [2.24, 2.45) is 0 Å². The zero-order chi connectivity index (χ0) is 22.0. The van der Waals surface area contributed by atoms with Gasteiger partial charge in [0, 0.05) is 36.1 Å². The number of hydrogen-bond acceptors (Lipinski definition) is 6. The van der Waals surface area contributed by atoms with E-state index in [4.69, 9.17) is 0 Å². The number of nitrogens with zero attached hydrogens (tertiary/aromatic N) is 3. The van der Waals surface area contributed by atoms with Gasteiger partial charge in [0.1, 0.15) is 6.54 Å². The summed E-state index contributed by atoms with van der Waals surface area (Å²) in [5.41, 5.74) is 1.25. The topological polar surface area (TPSA) is 113 Å². The number of anilines is 2. The molecule has 156 valence electrons. The van der Waals surface area contributed by atoms with Crippen molar-refractivity contribution < 1.29 is 19.3 Å². The highest BCUT2D eigenvalue weighted by atomic mass is 16.6. The van der Waals surface area contributed by atoms with E-state index in [-0.39, 0.29) is 16.8 Å². The zero-order valence-electron chi connectivity index (χ0n) is 16.9. The minimum Gasteiger partial charge on any atom is -0.369 e. The SMILES string of the molecule is CCN(c1ccc(NC(=O)CN2C(=O)c3ccc([N+](=O)[O-])cc3C2=O)cc1)C(C)C. The number of benzene rings is 2. The summed E-state index contributed by atoms with van der Waals surface area (Å²) in [6, 6.07) is 11.1. The monoisotopic (exact) mass is 410 g/mol. The van der Waals surface area contributed by atoms with Gasteiger partial charge in [0.05, 0.1) is 16.1 Å². The van der Waals surface area contributed by atoms with Crippen LogP contribution < -0.4 is 10.2 Å². The van der Waals surface area contributed by atoms with Crippen molar-refractivity contribution in [3.05, 3.63) is 63.7 Å². The number of nitro groups is 1. The van der Waals surface area contributed by atoms with E-state index in [1.165, 1.54) is 6.07 Å². The standard InChI is InChI=1S/C21H22N4O5/c1-4-23(13(2)3)15-7-5-14(6-8-15)22-19(26)12-24-20(27)17-10-9-16(25(29)30)11-18(17)21(24)28/h5-11,13H,4,12H2,1-3H3,(H,22,26). The van der Waals surface area contributed by atoms with Gasteiger partial charge in [-0.15, -0.1) is 0 Å². The number of nitrogens with one attached hydrogen (secondary N) is 1. The summed E-state index contributed by atoms with van der Waals surface area (Å²) >= 11 is 0. The van der Waals surface area contributed by atoms with Gasteiger partial charge in [-0.3, -0.25) is 29.4 Å². The lowest BCUT2D eigenvalue weighted by Gasteiger charge is -2.27. The van der Waals surface area contributed by atoms with E-state index in [2.05, 4.69) is 31.0 Å². The van der Waals surface area contributed by atoms with Gasteiger partial charge in [-0.05, 0) is 51.1 Å². The normalized spacial score (nSPS) is 12.9. The van der Waals surface area contributed by atoms with Gasteiger partial charge in [-0.2, -0.15) is 0 Å². The minimum atomic E-state index is -0.722. The molecule has 1 aliphatic heterocycles. The Bertz CT molecular complexity index is 1020. The molecule has 0 aliphatic carbocycles. The van der Waals surface area contributed by atoms with E-state index in [1.807, 2.05) is 12.1 Å². The summed E-state index contributed by atoms with van der Waals surface area (Å²) in [5, 5.41) is 13.6. The molecule has 2 aromatic carbocycles. The van der Waals surface area contributed by atoms with Gasteiger partial charge in [0.25, 0.3) is 17.5 Å². The third-order valence-corrected chi connectivity index (χ3v) is 4.91. The van der Waals surface area contributed by atoms with Crippen LogP contribution in [0.3, 0.4) is 0 Å². The predicted molar refractivity (Wildman–Crippen MR) is 112 cm³/mol. The highest BCUT2D eigenvalue weighted by Crippen LogP contribution is 2.27. The summed E-state index contributed by atoms with van der Waals surface area (Å²) in [4.78, 5) is 50.6. The molecule has 30 heavy (non-hydrogen) atoms. The number of hydrogen-bond donors (Lipinski definition) is 1. The number of non-ortho nitro benzene ring substituents is 1. The van der Waals surface area contributed by atoms with Crippen LogP contribution in [0.2, 0.25) is 0 Å². The molecule has 0 unspecified atom stereocenters. The fourth-order valence-electron chi connectivity index (χ4n) is 3.46. The van der Waals surface area contributed by atoms with Crippen molar-refractivity contribution in [1.29, 1.82) is 0 Å². The van der Waals surface area contributed by atoms with Crippen LogP contribution in [0.15, 0.2) is 42.5 Å². The molecule has 0 radical (unpaired) electrons. The van der Waals surface area contributed by atoms with E-state index in [0.29, 0.717) is 11.7 Å². The second kappa shape index (κ2) is 8.32. The van der Waals surface area contributed by atoms with Gasteiger partial charge in [-0.1, -0.05) is 0 Å². The van der Waals surface area contributed by atoms with Crippen LogP contribution in [0, 0.1) is 10.1 Å². The van der Waals surface area contributed by atoms with Gasteiger partial charge in [-0.25, -0.2) is 0 Å². The molecule has 0 saturated carbocycles. The summed E-state index contributed by atoms with van der Waals surface area (Å²) in [6.45, 7) is 6.62. The number of amides is 3. The Balaban J connectivity index is 1.68. The second-order valence-electron chi connectivity index (χ2n) is 7.16. The first-order valence-corrected chi connectivity index (χ1v) is 9.54. The van der Waals surface area contributed by atoms with E-state index in [1.54, 1.807) is 12.1 Å². The van der Waals surface area contributed by atoms with Crippen molar-refractivity contribution in [1.82, 2.24) is 4.90 Å². The maximum atomic E-state index is 12.5. The van der Waals surface area contributed by atoms with Gasteiger partial charge in [0.15, 0.2) is 0 Å². The van der Waals surface area contributed by atoms with Crippen LogP contribution in [0.4, 0.5) is 17.1 Å². The number of fused-ring (bicyclic) bond motifs is 1. The molecule has 2 aromatic rings. The van der Waals surface area contributed by atoms with Crippen molar-refractivity contribution in [3.8, 4) is 0 Å². The predicted octanol–water partition coefficient (Wildman–Crippen LogP) is 3.06. The first-order chi connectivity index (χ1) is 14.2. The van der Waals surface area contributed by atoms with Crippen molar-refractivity contribution in [3.63, 3.8) is 0 Å². The first kappa shape index (κ1) is 21.0. The Morgan fingerprint density at radius 3 is 2.30 bits per heavy atom. The van der Waals surface area contributed by atoms with Crippen LogP contribution in [0.5, 0.6) is 0 Å². The maximum Gasteiger partial charge on any atom is 0.270 e. The van der Waals surface area contributed by atoms with Crippen LogP contribution >= 0.6 is 0 Å². The summed E-state index contributed by atoms with van der Waals surface area (Å²) in [7, 11) is 0. The minimum absolute atomic E-state index is 0.0519. The molecule has 3 rings (SSSR count). The van der Waals surface area contributed by atoms with Crippen molar-refractivity contribution >= 4 is 34.8 Å². The maximum absolute atomic E-state index is 12.5. The van der Waals surface area contributed by atoms with Crippen LogP contribution in [0.25, 0.3) is 0 Å². The molecule has 0 spiro atoms. The third kappa shape index (κ3) is 4.00. The largest absolute Gasteiger partial charge is 0.369 e. The number of nitro benzene ring substituents is 1. The Morgan fingerprint density at radius 2 is 1.73 bits per heavy atom. The molecule has 9 heteroatoms. The summed E-state index contributed by atoms with van der Waals surface area (Å²) in [5.74, 6) is -1.91. The summed E-state index contributed by atoms with van der Waals surface area (Å²) < 4.78 is 0. The molecule has 0 fully saturated rings. The van der Waals surface area contributed by atoms with E-state index in [0.717, 1.165) is 29.3 Å². The van der Waals surface area contributed by atoms with Crippen LogP contribution in [-0.2, 0) is 4.79 Å². The second-order valence-corrected chi connectivity index (χ2v) is 7.16. The van der Waals surface area contributed by atoms with Crippen molar-refractivity contribution in [2.75, 3.05) is 23.3 Å². The Hall–Kier alpha value is -3.75. The average molecular weight is 410 g/mol. The van der Waals surface area contributed by atoms with E-state index < -0.39 is 29.2 Å². The molecule has 1 aliphatic rings. The van der Waals surface area contributed by atoms with Gasteiger partial charge < -0.3 is 10.2 Å². The third-order valence-electron chi connectivity index (χ3n) is 4.91. The number of carbonyl (C=O) groups excluding carboxylic acids is 3. The lowest BCUT2D eigenvalue weighted by Crippen LogP contribution is -2.37. The average Bonchev–Trinajstić information content (AvgIpc) is 2.94. The smallest absolute Gasteiger partial charge is 0.270 e. The molecule has 3 amide bonds. The van der Waals surface area contributed by atoms with Crippen molar-refractivity contribution in [2.45, 2.75) is 26.8 Å². The molecular weight excluding hydrogens is 388 g/mol. The zero-order valence-corrected chi connectivity index (χ0v) is 16.9. The molecule has 9 nitrogen and oxygen atoms in total. The van der Waals surface area contributed by atoms with Crippen LogP contribution in [0.1, 0.15) is 41.5 Å². The fourth-order valence-corrected chi connectivity index (χ4v) is 3.46. The number of rotatable bonds is 7. The molecule has 1 heterocycles. The highest BCUT2D eigenvalue weighted by Gasteiger charge is 2.37. The molecular formula is C21H22N4O5. The van der Waals surface area contributed by atoms with E-state index in [9.17, 15) is 24.5 Å². The number of carbonyl (C=O) groups is 3. The molecule has 0 bridgehead atoms. The lowest BCUT2D eigenvalue weighted by molar-refractivity contribution is -0.384. The van der Waals surface area contributed by atoms with Gasteiger partial charge >= 0.3 is 0 Å². The highest BCUT2D eigenvalue weighted by molar-refractivity contribution is 6.23. The molecule has 0 atom stereocenters. The quantitative estimate of drug-likeness (QED) is 0.426. The molecule has 0 aromatic heterocycles. The lowest BCUT2D eigenvalue weighted by atomic mass is 10.1.